The first kappa shape index (κ1) is 10.5. The van der Waals surface area contributed by atoms with Gasteiger partial charge in [0, 0.05) is 19.2 Å². The zero-order valence-electron chi connectivity index (χ0n) is 9.16. The van der Waals surface area contributed by atoms with E-state index in [0.717, 1.165) is 23.2 Å². The van der Waals surface area contributed by atoms with Crippen LogP contribution in [-0.2, 0) is 17.8 Å². The standard InChI is InChI=1S/C12H13N3O/c1-15(8-13)7-9-2-4-11-10(6-9)3-5-12(16)14-11/h2,4,6H,3,5,7H2,1H3,(H,14,16). The van der Waals surface area contributed by atoms with E-state index in [1.165, 1.54) is 0 Å². The number of hydrogen-bond acceptors (Lipinski definition) is 3. The summed E-state index contributed by atoms with van der Waals surface area (Å²) in [4.78, 5) is 12.7. The van der Waals surface area contributed by atoms with Crippen molar-refractivity contribution in [1.29, 1.82) is 5.26 Å². The van der Waals surface area contributed by atoms with E-state index in [1.807, 2.05) is 12.1 Å². The van der Waals surface area contributed by atoms with E-state index in [4.69, 9.17) is 5.26 Å². The number of aryl methyl sites for hydroxylation is 1. The summed E-state index contributed by atoms with van der Waals surface area (Å²) in [5, 5.41) is 11.5. The number of carbonyl (C=O) groups excluding carboxylic acids is 1. The molecule has 1 heterocycles. The molecule has 0 aromatic heterocycles. The zero-order chi connectivity index (χ0) is 11.5. The first-order chi connectivity index (χ1) is 7.69. The van der Waals surface area contributed by atoms with Gasteiger partial charge < -0.3 is 10.2 Å². The lowest BCUT2D eigenvalue weighted by molar-refractivity contribution is -0.116. The molecule has 16 heavy (non-hydrogen) atoms. The molecule has 0 radical (unpaired) electrons. The first-order valence-corrected chi connectivity index (χ1v) is 5.21. The second-order valence-corrected chi connectivity index (χ2v) is 4.00. The number of nitrogens with one attached hydrogen (secondary N) is 1. The van der Waals surface area contributed by atoms with Crippen LogP contribution in [0.2, 0.25) is 0 Å². The molecule has 0 bridgehead atoms. The number of hydrogen-bond donors (Lipinski definition) is 1. The van der Waals surface area contributed by atoms with Gasteiger partial charge in [0.2, 0.25) is 5.91 Å². The molecule has 4 nitrogen and oxygen atoms in total. The average Bonchev–Trinajstić information content (AvgIpc) is 2.29. The Kier molecular flexibility index (Phi) is 2.78. The number of benzene rings is 1. The van der Waals surface area contributed by atoms with Crippen molar-refractivity contribution in [2.45, 2.75) is 19.4 Å². The van der Waals surface area contributed by atoms with E-state index in [2.05, 4.69) is 17.6 Å². The van der Waals surface area contributed by atoms with Crippen LogP contribution in [0.3, 0.4) is 0 Å². The van der Waals surface area contributed by atoms with Crippen LogP contribution in [0.4, 0.5) is 5.69 Å². The van der Waals surface area contributed by atoms with E-state index in [0.29, 0.717) is 13.0 Å². The highest BCUT2D eigenvalue weighted by Gasteiger charge is 2.14. The maximum absolute atomic E-state index is 11.2. The predicted octanol–water partition coefficient (Wildman–Crippen LogP) is 1.48. The van der Waals surface area contributed by atoms with Crippen LogP contribution in [-0.4, -0.2) is 17.9 Å². The first-order valence-electron chi connectivity index (χ1n) is 5.21. The van der Waals surface area contributed by atoms with Crippen molar-refractivity contribution in [3.8, 4) is 6.19 Å². The number of rotatable bonds is 2. The van der Waals surface area contributed by atoms with Gasteiger partial charge in [-0.05, 0) is 23.6 Å². The number of fused-ring (bicyclic) bond motifs is 1. The van der Waals surface area contributed by atoms with E-state index in [-0.39, 0.29) is 5.91 Å². The molecule has 1 aliphatic rings. The average molecular weight is 215 g/mol. The lowest BCUT2D eigenvalue weighted by atomic mass is 10.0. The third kappa shape index (κ3) is 2.14. The normalized spacial score (nSPS) is 13.6. The van der Waals surface area contributed by atoms with Gasteiger partial charge in [0.05, 0.1) is 6.54 Å². The third-order valence-electron chi connectivity index (χ3n) is 2.66. The van der Waals surface area contributed by atoms with E-state index < -0.39 is 0 Å². The van der Waals surface area contributed by atoms with Gasteiger partial charge in [-0.1, -0.05) is 12.1 Å². The Bertz CT molecular complexity index is 462. The van der Waals surface area contributed by atoms with Gasteiger partial charge in [0.15, 0.2) is 6.19 Å². The predicted molar refractivity (Wildman–Crippen MR) is 60.5 cm³/mol. The summed E-state index contributed by atoms with van der Waals surface area (Å²) in [6.45, 7) is 0.609. The van der Waals surface area contributed by atoms with Gasteiger partial charge in [-0.2, -0.15) is 5.26 Å². The summed E-state index contributed by atoms with van der Waals surface area (Å²) in [6.07, 6.45) is 3.39. The smallest absolute Gasteiger partial charge is 0.224 e. The lowest BCUT2D eigenvalue weighted by Crippen LogP contribution is -2.19. The summed E-state index contributed by atoms with van der Waals surface area (Å²) >= 11 is 0. The van der Waals surface area contributed by atoms with Gasteiger partial charge in [-0.25, -0.2) is 0 Å². The molecule has 1 N–H and O–H groups in total. The molecule has 0 saturated carbocycles. The monoisotopic (exact) mass is 215 g/mol. The molecule has 1 aromatic carbocycles. The van der Waals surface area contributed by atoms with Gasteiger partial charge in [-0.15, -0.1) is 0 Å². The molecule has 1 amide bonds. The van der Waals surface area contributed by atoms with Crippen molar-refractivity contribution in [1.82, 2.24) is 4.90 Å². The minimum Gasteiger partial charge on any atom is -0.326 e. The molecule has 0 fully saturated rings. The maximum atomic E-state index is 11.2. The fourth-order valence-corrected chi connectivity index (χ4v) is 1.84. The van der Waals surface area contributed by atoms with Crippen LogP contribution >= 0.6 is 0 Å². The molecule has 2 rings (SSSR count). The van der Waals surface area contributed by atoms with Crippen molar-refractivity contribution < 1.29 is 4.79 Å². The Morgan fingerprint density at radius 2 is 2.31 bits per heavy atom. The van der Waals surface area contributed by atoms with Crippen molar-refractivity contribution in [3.63, 3.8) is 0 Å². The van der Waals surface area contributed by atoms with Crippen LogP contribution in [0.1, 0.15) is 17.5 Å². The summed E-state index contributed by atoms with van der Waals surface area (Å²) in [5.41, 5.74) is 3.15. The van der Waals surface area contributed by atoms with Crippen molar-refractivity contribution in [2.24, 2.45) is 0 Å². The molecule has 0 unspecified atom stereocenters. The van der Waals surface area contributed by atoms with Gasteiger partial charge in [-0.3, -0.25) is 4.79 Å². The molecule has 0 spiro atoms. The third-order valence-corrected chi connectivity index (χ3v) is 2.66. The van der Waals surface area contributed by atoms with E-state index in [9.17, 15) is 4.79 Å². The SMILES string of the molecule is CN(C#N)Cc1ccc2c(c1)CCC(=O)N2. The molecular weight excluding hydrogens is 202 g/mol. The zero-order valence-corrected chi connectivity index (χ0v) is 9.16. The topological polar surface area (TPSA) is 56.1 Å². The van der Waals surface area contributed by atoms with Crippen molar-refractivity contribution in [2.75, 3.05) is 12.4 Å². The van der Waals surface area contributed by atoms with Crippen molar-refractivity contribution >= 4 is 11.6 Å². The van der Waals surface area contributed by atoms with Crippen LogP contribution < -0.4 is 5.32 Å². The Balaban J connectivity index is 2.20. The highest BCUT2D eigenvalue weighted by atomic mass is 16.1. The second-order valence-electron chi connectivity index (χ2n) is 4.00. The molecule has 1 aromatic rings. The fourth-order valence-electron chi connectivity index (χ4n) is 1.84. The fraction of sp³-hybridized carbons (Fsp3) is 0.333. The van der Waals surface area contributed by atoms with Gasteiger partial charge in [0.1, 0.15) is 0 Å². The number of carbonyl (C=O) groups is 1. The van der Waals surface area contributed by atoms with Crippen LogP contribution in [0, 0.1) is 11.5 Å². The number of nitriles is 1. The molecule has 82 valence electrons. The molecule has 0 saturated heterocycles. The minimum atomic E-state index is 0.0781. The number of anilines is 1. The van der Waals surface area contributed by atoms with Crippen LogP contribution in [0.5, 0.6) is 0 Å². The Hall–Kier alpha value is -2.02. The van der Waals surface area contributed by atoms with Crippen molar-refractivity contribution in [3.05, 3.63) is 29.3 Å². The quantitative estimate of drug-likeness (QED) is 0.600. The largest absolute Gasteiger partial charge is 0.326 e. The van der Waals surface area contributed by atoms with Crippen LogP contribution in [0.25, 0.3) is 0 Å². The lowest BCUT2D eigenvalue weighted by Gasteiger charge is -2.18. The van der Waals surface area contributed by atoms with E-state index >= 15 is 0 Å². The summed E-state index contributed by atoms with van der Waals surface area (Å²) in [5.74, 6) is 0.0781. The van der Waals surface area contributed by atoms with E-state index in [1.54, 1.807) is 11.9 Å². The number of amides is 1. The van der Waals surface area contributed by atoms with Gasteiger partial charge in [0.25, 0.3) is 0 Å². The summed E-state index contributed by atoms with van der Waals surface area (Å²) < 4.78 is 0. The Labute approximate surface area is 94.5 Å². The highest BCUT2D eigenvalue weighted by Crippen LogP contribution is 2.23. The Morgan fingerprint density at radius 3 is 3.06 bits per heavy atom. The molecule has 0 atom stereocenters. The molecule has 1 aliphatic heterocycles. The number of nitrogens with zero attached hydrogens (tertiary/aromatic N) is 2. The molecule has 4 heteroatoms. The second kappa shape index (κ2) is 4.23. The molecule has 0 aliphatic carbocycles. The summed E-state index contributed by atoms with van der Waals surface area (Å²) in [6, 6.07) is 5.91. The maximum Gasteiger partial charge on any atom is 0.224 e. The Morgan fingerprint density at radius 1 is 1.50 bits per heavy atom. The highest BCUT2D eigenvalue weighted by molar-refractivity contribution is 5.93. The van der Waals surface area contributed by atoms with Gasteiger partial charge >= 0.3 is 0 Å². The minimum absolute atomic E-state index is 0.0781. The summed E-state index contributed by atoms with van der Waals surface area (Å²) in [7, 11) is 1.75. The van der Waals surface area contributed by atoms with Crippen LogP contribution in [0.15, 0.2) is 18.2 Å². The molecular formula is C12H13N3O.